The molecule has 0 saturated heterocycles. The van der Waals surface area contributed by atoms with Gasteiger partial charge in [0.2, 0.25) is 0 Å². The first-order chi connectivity index (χ1) is 7.69. The molecule has 1 aromatic heterocycles. The Morgan fingerprint density at radius 2 is 2.19 bits per heavy atom. The van der Waals surface area contributed by atoms with Crippen LogP contribution in [-0.2, 0) is 0 Å². The van der Waals surface area contributed by atoms with Gasteiger partial charge in [-0.05, 0) is 5.92 Å². The average Bonchev–Trinajstić information content (AvgIpc) is 2.29. The van der Waals surface area contributed by atoms with Gasteiger partial charge >= 0.3 is 0 Å². The molecule has 5 nitrogen and oxygen atoms in total. The molecule has 5 heteroatoms. The molecule has 1 heterocycles. The van der Waals surface area contributed by atoms with Gasteiger partial charge < -0.3 is 15.4 Å². The number of rotatable bonds is 6. The maximum Gasteiger partial charge on any atom is 0.290 e. The SMILES string of the molecule is CCC(CC)C(O)CNc1ncc[nH]c1=O. The number of aliphatic hydroxyl groups is 1. The number of hydrogen-bond acceptors (Lipinski definition) is 4. The number of aromatic amines is 1. The lowest BCUT2D eigenvalue weighted by atomic mass is 9.97. The Balaban J connectivity index is 2.52. The second kappa shape index (κ2) is 6.27. The van der Waals surface area contributed by atoms with Gasteiger partial charge in [-0.3, -0.25) is 4.79 Å². The third-order valence-corrected chi connectivity index (χ3v) is 2.78. The molecule has 0 amide bonds. The Labute approximate surface area is 94.9 Å². The zero-order valence-corrected chi connectivity index (χ0v) is 9.73. The van der Waals surface area contributed by atoms with Gasteiger partial charge in [-0.2, -0.15) is 0 Å². The van der Waals surface area contributed by atoms with Crippen molar-refractivity contribution in [2.45, 2.75) is 32.8 Å². The summed E-state index contributed by atoms with van der Waals surface area (Å²) < 4.78 is 0. The fourth-order valence-electron chi connectivity index (χ4n) is 1.68. The molecule has 0 aliphatic heterocycles. The van der Waals surface area contributed by atoms with Gasteiger partial charge in [0.15, 0.2) is 5.82 Å². The first-order valence-corrected chi connectivity index (χ1v) is 5.64. The third kappa shape index (κ3) is 3.34. The first-order valence-electron chi connectivity index (χ1n) is 5.64. The molecule has 0 spiro atoms. The Kier molecular flexibility index (Phi) is 4.98. The minimum atomic E-state index is -0.448. The summed E-state index contributed by atoms with van der Waals surface area (Å²) in [6.45, 7) is 4.45. The highest BCUT2D eigenvalue weighted by molar-refractivity contribution is 5.30. The van der Waals surface area contributed by atoms with Crippen LogP contribution in [0.5, 0.6) is 0 Å². The molecule has 1 atom stereocenters. The van der Waals surface area contributed by atoms with Crippen LogP contribution >= 0.6 is 0 Å². The summed E-state index contributed by atoms with van der Waals surface area (Å²) in [6.07, 6.45) is 4.39. The maximum absolute atomic E-state index is 11.3. The number of aromatic nitrogens is 2. The zero-order valence-electron chi connectivity index (χ0n) is 9.73. The smallest absolute Gasteiger partial charge is 0.290 e. The van der Waals surface area contributed by atoms with E-state index >= 15 is 0 Å². The fraction of sp³-hybridized carbons (Fsp3) is 0.636. The van der Waals surface area contributed by atoms with Crippen LogP contribution in [0.2, 0.25) is 0 Å². The van der Waals surface area contributed by atoms with Crippen molar-refractivity contribution < 1.29 is 5.11 Å². The summed E-state index contributed by atoms with van der Waals surface area (Å²) in [7, 11) is 0. The van der Waals surface area contributed by atoms with E-state index in [-0.39, 0.29) is 17.3 Å². The molecular weight excluding hydrogens is 206 g/mol. The molecule has 1 aromatic rings. The Morgan fingerprint density at radius 1 is 1.50 bits per heavy atom. The van der Waals surface area contributed by atoms with Crippen LogP contribution in [0.25, 0.3) is 0 Å². The van der Waals surface area contributed by atoms with Crippen LogP contribution < -0.4 is 10.9 Å². The summed E-state index contributed by atoms with van der Waals surface area (Å²) in [4.78, 5) is 17.7. The standard InChI is InChI=1S/C11H19N3O2/c1-3-8(4-2)9(15)7-14-10-11(16)13-6-5-12-10/h5-6,8-9,15H,3-4,7H2,1-2H3,(H,12,14)(H,13,16). The van der Waals surface area contributed by atoms with Crippen LogP contribution in [0.4, 0.5) is 5.82 Å². The number of nitrogens with zero attached hydrogens (tertiary/aromatic N) is 1. The fourth-order valence-corrected chi connectivity index (χ4v) is 1.68. The van der Waals surface area contributed by atoms with E-state index in [1.807, 2.05) is 13.8 Å². The van der Waals surface area contributed by atoms with Gasteiger partial charge in [-0.1, -0.05) is 26.7 Å². The molecule has 0 aliphatic carbocycles. The summed E-state index contributed by atoms with van der Waals surface area (Å²) in [6, 6.07) is 0. The topological polar surface area (TPSA) is 78.0 Å². The van der Waals surface area contributed by atoms with Gasteiger partial charge in [0.05, 0.1) is 6.10 Å². The van der Waals surface area contributed by atoms with E-state index in [0.29, 0.717) is 6.54 Å². The highest BCUT2D eigenvalue weighted by Gasteiger charge is 2.15. The summed E-state index contributed by atoms with van der Waals surface area (Å²) >= 11 is 0. The highest BCUT2D eigenvalue weighted by Crippen LogP contribution is 2.12. The van der Waals surface area contributed by atoms with Crippen molar-refractivity contribution in [2.75, 3.05) is 11.9 Å². The molecule has 0 radical (unpaired) electrons. The van der Waals surface area contributed by atoms with Crippen molar-refractivity contribution in [1.29, 1.82) is 0 Å². The first kappa shape index (κ1) is 12.7. The molecule has 90 valence electrons. The molecule has 1 unspecified atom stereocenters. The molecule has 0 bridgehead atoms. The van der Waals surface area contributed by atoms with Gasteiger partial charge in [0, 0.05) is 18.9 Å². The molecule has 0 fully saturated rings. The molecule has 1 rings (SSSR count). The lowest BCUT2D eigenvalue weighted by Gasteiger charge is -2.20. The minimum Gasteiger partial charge on any atom is -0.391 e. The highest BCUT2D eigenvalue weighted by atomic mass is 16.3. The van der Waals surface area contributed by atoms with Crippen LogP contribution in [0.15, 0.2) is 17.2 Å². The van der Waals surface area contributed by atoms with E-state index in [0.717, 1.165) is 12.8 Å². The molecule has 16 heavy (non-hydrogen) atoms. The summed E-state index contributed by atoms with van der Waals surface area (Å²) in [5.41, 5.74) is -0.265. The predicted octanol–water partition coefficient (Wildman–Crippen LogP) is 0.979. The van der Waals surface area contributed by atoms with Crippen molar-refractivity contribution in [3.05, 3.63) is 22.7 Å². The normalized spacial score (nSPS) is 12.8. The van der Waals surface area contributed by atoms with E-state index in [1.54, 1.807) is 0 Å². The number of H-pyrrole nitrogens is 1. The third-order valence-electron chi connectivity index (χ3n) is 2.78. The van der Waals surface area contributed by atoms with Crippen molar-refractivity contribution in [3.8, 4) is 0 Å². The monoisotopic (exact) mass is 225 g/mol. The van der Waals surface area contributed by atoms with Crippen LogP contribution in [-0.4, -0.2) is 27.7 Å². The van der Waals surface area contributed by atoms with Crippen molar-refractivity contribution in [1.82, 2.24) is 9.97 Å². The second-order valence-electron chi connectivity index (χ2n) is 3.79. The van der Waals surface area contributed by atoms with E-state index in [9.17, 15) is 9.90 Å². The number of aliphatic hydroxyl groups excluding tert-OH is 1. The van der Waals surface area contributed by atoms with Gasteiger partial charge in [0.1, 0.15) is 0 Å². The quantitative estimate of drug-likeness (QED) is 0.674. The van der Waals surface area contributed by atoms with Gasteiger partial charge in [-0.15, -0.1) is 0 Å². The van der Waals surface area contributed by atoms with E-state index in [4.69, 9.17) is 0 Å². The number of anilines is 1. The number of nitrogens with one attached hydrogen (secondary N) is 2. The molecular formula is C11H19N3O2. The molecule has 0 aliphatic rings. The number of hydrogen-bond donors (Lipinski definition) is 3. The second-order valence-corrected chi connectivity index (χ2v) is 3.79. The van der Waals surface area contributed by atoms with E-state index in [2.05, 4.69) is 15.3 Å². The lowest BCUT2D eigenvalue weighted by Crippen LogP contribution is -2.29. The Morgan fingerprint density at radius 3 is 2.75 bits per heavy atom. The zero-order chi connectivity index (χ0) is 12.0. The van der Waals surface area contributed by atoms with Gasteiger partial charge in [0.25, 0.3) is 5.56 Å². The van der Waals surface area contributed by atoms with E-state index in [1.165, 1.54) is 12.4 Å². The molecule has 0 aromatic carbocycles. The van der Waals surface area contributed by atoms with E-state index < -0.39 is 6.10 Å². The largest absolute Gasteiger partial charge is 0.391 e. The lowest BCUT2D eigenvalue weighted by molar-refractivity contribution is 0.114. The van der Waals surface area contributed by atoms with Crippen LogP contribution in [0.3, 0.4) is 0 Å². The summed E-state index contributed by atoms with van der Waals surface area (Å²) in [5, 5.41) is 12.7. The minimum absolute atomic E-state index is 0.257. The predicted molar refractivity (Wildman–Crippen MR) is 63.4 cm³/mol. The average molecular weight is 225 g/mol. The van der Waals surface area contributed by atoms with Crippen molar-refractivity contribution in [2.24, 2.45) is 5.92 Å². The Hall–Kier alpha value is -1.36. The maximum atomic E-state index is 11.3. The van der Waals surface area contributed by atoms with Gasteiger partial charge in [-0.25, -0.2) is 4.98 Å². The van der Waals surface area contributed by atoms with Crippen LogP contribution in [0.1, 0.15) is 26.7 Å². The molecule has 0 saturated carbocycles. The molecule has 3 N–H and O–H groups in total. The summed E-state index contributed by atoms with van der Waals surface area (Å²) in [5.74, 6) is 0.516. The Bertz CT molecular complexity index is 360. The van der Waals surface area contributed by atoms with Crippen molar-refractivity contribution in [3.63, 3.8) is 0 Å². The van der Waals surface area contributed by atoms with Crippen molar-refractivity contribution >= 4 is 5.82 Å². The van der Waals surface area contributed by atoms with Crippen LogP contribution in [0, 0.1) is 5.92 Å².